The number of para-hydroxylation sites is 1. The van der Waals surface area contributed by atoms with Crippen LogP contribution in [0.15, 0.2) is 53.8 Å². The lowest BCUT2D eigenvalue weighted by molar-refractivity contribution is 0.261. The van der Waals surface area contributed by atoms with Gasteiger partial charge in [-0.15, -0.1) is 0 Å². The molecule has 1 atom stereocenters. The largest absolute Gasteiger partial charge is 0.384 e. The van der Waals surface area contributed by atoms with Gasteiger partial charge in [0.2, 0.25) is 0 Å². The molecule has 1 aliphatic heterocycles. The Balaban J connectivity index is 2.22. The highest BCUT2D eigenvalue weighted by atomic mass is 16.3. The Morgan fingerprint density at radius 2 is 2.06 bits per heavy atom. The summed E-state index contributed by atoms with van der Waals surface area (Å²) in [5, 5.41) is 9.93. The number of anilines is 1. The van der Waals surface area contributed by atoms with Gasteiger partial charge in [0.25, 0.3) is 0 Å². The molecule has 0 spiro atoms. The minimum Gasteiger partial charge on any atom is -0.384 e. The van der Waals surface area contributed by atoms with Crippen molar-refractivity contribution >= 4 is 11.8 Å². The number of hydrogen-bond donors (Lipinski definition) is 1. The quantitative estimate of drug-likeness (QED) is 0.712. The number of nitrogens with zero attached hydrogens (tertiary/aromatic N) is 1. The second-order valence-electron chi connectivity index (χ2n) is 4.10. The van der Waals surface area contributed by atoms with E-state index in [4.69, 9.17) is 0 Å². The number of aliphatic hydroxyl groups excluding tert-OH is 1. The van der Waals surface area contributed by atoms with E-state index in [1.165, 1.54) is 5.69 Å². The Morgan fingerprint density at radius 1 is 1.25 bits per heavy atom. The molecule has 0 radical (unpaired) electrons. The highest BCUT2D eigenvalue weighted by Crippen LogP contribution is 2.36. The van der Waals surface area contributed by atoms with Gasteiger partial charge in [-0.3, -0.25) is 0 Å². The summed E-state index contributed by atoms with van der Waals surface area (Å²) in [6.45, 7) is 0. The van der Waals surface area contributed by atoms with Crippen molar-refractivity contribution in [2.24, 2.45) is 0 Å². The first kappa shape index (κ1) is 9.43. The number of likely N-dealkylation sites (N-methyl/N-ethyl adjacent to an activating group) is 1. The van der Waals surface area contributed by atoms with E-state index in [2.05, 4.69) is 23.1 Å². The van der Waals surface area contributed by atoms with Gasteiger partial charge in [0.15, 0.2) is 0 Å². The van der Waals surface area contributed by atoms with Crippen LogP contribution in [0.2, 0.25) is 0 Å². The lowest BCUT2D eigenvalue weighted by atomic mass is 9.93. The lowest BCUT2D eigenvalue weighted by Crippen LogP contribution is -2.27. The third-order valence-electron chi connectivity index (χ3n) is 3.13. The predicted molar refractivity (Wildman–Crippen MR) is 66.1 cm³/mol. The van der Waals surface area contributed by atoms with Crippen molar-refractivity contribution < 1.29 is 5.11 Å². The Kier molecular flexibility index (Phi) is 1.98. The summed E-state index contributed by atoms with van der Waals surface area (Å²) in [6.07, 6.45) is 7.32. The number of aliphatic hydroxyl groups is 1. The van der Waals surface area contributed by atoms with Crippen molar-refractivity contribution in [2.45, 2.75) is 6.10 Å². The van der Waals surface area contributed by atoms with Crippen LogP contribution in [0, 0.1) is 0 Å². The molecule has 1 aromatic carbocycles. The molecular weight excluding hydrogens is 198 g/mol. The first-order valence-electron chi connectivity index (χ1n) is 5.38. The minimum absolute atomic E-state index is 0.490. The van der Waals surface area contributed by atoms with E-state index in [1.807, 2.05) is 31.3 Å². The van der Waals surface area contributed by atoms with E-state index in [9.17, 15) is 5.11 Å². The first-order chi connectivity index (χ1) is 7.77. The first-order valence-corrected chi connectivity index (χ1v) is 5.38. The number of allylic oxidation sites excluding steroid dienone is 2. The van der Waals surface area contributed by atoms with Crippen LogP contribution in [0.25, 0.3) is 6.08 Å². The van der Waals surface area contributed by atoms with Crippen LogP contribution in [0.4, 0.5) is 5.69 Å². The zero-order chi connectivity index (χ0) is 11.1. The van der Waals surface area contributed by atoms with Gasteiger partial charge in [-0.05, 0) is 23.8 Å². The van der Waals surface area contributed by atoms with Gasteiger partial charge < -0.3 is 10.0 Å². The maximum absolute atomic E-state index is 9.93. The third-order valence-corrected chi connectivity index (χ3v) is 3.13. The second-order valence-corrected chi connectivity index (χ2v) is 4.10. The zero-order valence-electron chi connectivity index (χ0n) is 9.09. The van der Waals surface area contributed by atoms with E-state index in [0.717, 1.165) is 16.8 Å². The molecule has 1 N–H and O–H groups in total. The van der Waals surface area contributed by atoms with Crippen molar-refractivity contribution in [2.75, 3.05) is 11.9 Å². The Hall–Kier alpha value is -1.80. The van der Waals surface area contributed by atoms with Crippen LogP contribution in [-0.4, -0.2) is 18.3 Å². The van der Waals surface area contributed by atoms with Gasteiger partial charge in [0.05, 0.1) is 6.10 Å². The van der Waals surface area contributed by atoms with Crippen molar-refractivity contribution in [3.05, 3.63) is 59.3 Å². The smallest absolute Gasteiger partial charge is 0.0995 e. The van der Waals surface area contributed by atoms with Gasteiger partial charge >= 0.3 is 0 Å². The molecule has 0 aromatic heterocycles. The molecule has 3 rings (SSSR count). The molecule has 0 saturated heterocycles. The summed E-state index contributed by atoms with van der Waals surface area (Å²) in [5.74, 6) is 0. The molecular formula is C14H13NO. The highest BCUT2D eigenvalue weighted by molar-refractivity contribution is 5.80. The van der Waals surface area contributed by atoms with Crippen LogP contribution < -0.4 is 4.90 Å². The van der Waals surface area contributed by atoms with Crippen LogP contribution in [0.3, 0.4) is 0 Å². The summed E-state index contributed by atoms with van der Waals surface area (Å²) in [7, 11) is 2.03. The Morgan fingerprint density at radius 3 is 2.94 bits per heavy atom. The molecule has 2 heteroatoms. The van der Waals surface area contributed by atoms with E-state index < -0.39 is 6.10 Å². The molecule has 80 valence electrons. The molecule has 0 fully saturated rings. The SMILES string of the molecule is CN1C2=CC=CC(O)C2=Cc2ccccc21. The van der Waals surface area contributed by atoms with Crippen molar-refractivity contribution in [3.8, 4) is 0 Å². The summed E-state index contributed by atoms with van der Waals surface area (Å²) >= 11 is 0. The Labute approximate surface area is 94.8 Å². The number of hydrogen-bond acceptors (Lipinski definition) is 2. The molecule has 0 bridgehead atoms. The molecule has 1 aromatic rings. The second kappa shape index (κ2) is 3.35. The van der Waals surface area contributed by atoms with Crippen LogP contribution >= 0.6 is 0 Å². The molecule has 1 unspecified atom stereocenters. The van der Waals surface area contributed by atoms with Gasteiger partial charge in [-0.25, -0.2) is 0 Å². The van der Waals surface area contributed by atoms with Gasteiger partial charge in [-0.2, -0.15) is 0 Å². The summed E-state index contributed by atoms with van der Waals surface area (Å²) < 4.78 is 0. The van der Waals surface area contributed by atoms with Crippen LogP contribution in [0.1, 0.15) is 5.56 Å². The summed E-state index contributed by atoms with van der Waals surface area (Å²) in [6, 6.07) is 8.21. The highest BCUT2D eigenvalue weighted by Gasteiger charge is 2.24. The van der Waals surface area contributed by atoms with E-state index in [0.29, 0.717) is 0 Å². The predicted octanol–water partition coefficient (Wildman–Crippen LogP) is 2.33. The summed E-state index contributed by atoms with van der Waals surface area (Å²) in [4.78, 5) is 2.12. The molecule has 16 heavy (non-hydrogen) atoms. The minimum atomic E-state index is -0.490. The molecule has 1 aliphatic carbocycles. The summed E-state index contributed by atoms with van der Waals surface area (Å²) in [5.41, 5.74) is 4.39. The lowest BCUT2D eigenvalue weighted by Gasteiger charge is -2.33. The monoisotopic (exact) mass is 211 g/mol. The maximum atomic E-state index is 9.93. The van der Waals surface area contributed by atoms with Crippen LogP contribution in [0.5, 0.6) is 0 Å². The standard InChI is InChI=1S/C14H13NO/c1-15-12-6-3-2-5-10(12)9-11-13(15)7-4-8-14(11)16/h2-9,14,16H,1H3. The van der Waals surface area contributed by atoms with Crippen molar-refractivity contribution in [1.82, 2.24) is 0 Å². The molecule has 0 saturated carbocycles. The van der Waals surface area contributed by atoms with Crippen molar-refractivity contribution in [1.29, 1.82) is 0 Å². The number of fused-ring (bicyclic) bond motifs is 2. The van der Waals surface area contributed by atoms with Gasteiger partial charge in [-0.1, -0.05) is 30.4 Å². The van der Waals surface area contributed by atoms with Crippen molar-refractivity contribution in [3.63, 3.8) is 0 Å². The average Bonchev–Trinajstić information content (AvgIpc) is 2.31. The average molecular weight is 211 g/mol. The molecule has 2 nitrogen and oxygen atoms in total. The fourth-order valence-corrected chi connectivity index (χ4v) is 2.28. The van der Waals surface area contributed by atoms with E-state index >= 15 is 0 Å². The Bertz CT molecular complexity index is 525. The third kappa shape index (κ3) is 1.24. The van der Waals surface area contributed by atoms with Gasteiger partial charge in [0.1, 0.15) is 0 Å². The topological polar surface area (TPSA) is 23.5 Å². The zero-order valence-corrected chi connectivity index (χ0v) is 9.09. The molecule has 2 aliphatic rings. The maximum Gasteiger partial charge on any atom is 0.0995 e. The fraction of sp³-hybridized carbons (Fsp3) is 0.143. The van der Waals surface area contributed by atoms with Gasteiger partial charge in [0, 0.05) is 24.0 Å². The molecule has 1 heterocycles. The number of rotatable bonds is 0. The normalized spacial score (nSPS) is 22.1. The van der Waals surface area contributed by atoms with Crippen LogP contribution in [-0.2, 0) is 0 Å². The fourth-order valence-electron chi connectivity index (χ4n) is 2.28. The molecule has 0 amide bonds. The number of benzene rings is 1. The van der Waals surface area contributed by atoms with E-state index in [1.54, 1.807) is 6.08 Å². The van der Waals surface area contributed by atoms with E-state index in [-0.39, 0.29) is 0 Å².